The van der Waals surface area contributed by atoms with Crippen molar-refractivity contribution in [3.05, 3.63) is 70.1 Å². The van der Waals surface area contributed by atoms with Gasteiger partial charge in [0.25, 0.3) is 0 Å². The zero-order valence-corrected chi connectivity index (χ0v) is 13.8. The van der Waals surface area contributed by atoms with E-state index in [0.29, 0.717) is 23.9 Å². The Bertz CT molecular complexity index is 961. The van der Waals surface area contributed by atoms with Crippen LogP contribution in [0.5, 0.6) is 5.75 Å². The predicted octanol–water partition coefficient (Wildman–Crippen LogP) is 3.75. The molecule has 0 bridgehead atoms. The molecule has 0 radical (unpaired) electrons. The Kier molecular flexibility index (Phi) is 3.53. The van der Waals surface area contributed by atoms with Gasteiger partial charge in [-0.15, -0.1) is 0 Å². The van der Waals surface area contributed by atoms with E-state index in [4.69, 9.17) is 9.15 Å². The van der Waals surface area contributed by atoms with E-state index in [2.05, 4.69) is 36.1 Å². The number of hydrogen-bond donors (Lipinski definition) is 0. The van der Waals surface area contributed by atoms with Crippen molar-refractivity contribution in [2.45, 2.75) is 25.9 Å². The molecule has 0 N–H and O–H groups in total. The van der Waals surface area contributed by atoms with Crippen molar-refractivity contribution in [1.82, 2.24) is 0 Å². The van der Waals surface area contributed by atoms with Gasteiger partial charge in [0.15, 0.2) is 0 Å². The molecule has 0 fully saturated rings. The minimum absolute atomic E-state index is 0.328. The topological polar surface area (TPSA) is 42.7 Å². The zero-order valence-electron chi connectivity index (χ0n) is 13.8. The number of methoxy groups -OCH3 is 1. The first kappa shape index (κ1) is 14.8. The molecule has 1 aliphatic heterocycles. The van der Waals surface area contributed by atoms with Crippen LogP contribution in [0.3, 0.4) is 0 Å². The number of ether oxygens (including phenoxy) is 1. The highest BCUT2D eigenvalue weighted by Crippen LogP contribution is 2.34. The van der Waals surface area contributed by atoms with E-state index < -0.39 is 0 Å². The van der Waals surface area contributed by atoms with Gasteiger partial charge >= 0.3 is 5.63 Å². The molecule has 1 atom stereocenters. The number of rotatable bonds is 3. The SMILES string of the molecule is COc1ccc2c(CN3c4ccccc4C[C@@H]3C)cc(=O)oc2c1. The second kappa shape index (κ2) is 5.71. The number of nitrogens with zero attached hydrogens (tertiary/aromatic N) is 1. The van der Waals surface area contributed by atoms with Crippen LogP contribution in [0.25, 0.3) is 11.0 Å². The molecule has 0 unspecified atom stereocenters. The van der Waals surface area contributed by atoms with Crippen LogP contribution in [-0.2, 0) is 13.0 Å². The van der Waals surface area contributed by atoms with Crippen LogP contribution >= 0.6 is 0 Å². The Balaban J connectivity index is 1.79. The Hall–Kier alpha value is -2.75. The summed E-state index contributed by atoms with van der Waals surface area (Å²) in [5.41, 5.74) is 3.83. The maximum Gasteiger partial charge on any atom is 0.336 e. The average molecular weight is 321 g/mol. The average Bonchev–Trinajstić information content (AvgIpc) is 2.90. The van der Waals surface area contributed by atoms with Crippen molar-refractivity contribution in [1.29, 1.82) is 0 Å². The summed E-state index contributed by atoms with van der Waals surface area (Å²) < 4.78 is 10.6. The molecule has 4 rings (SSSR count). The highest BCUT2D eigenvalue weighted by Gasteiger charge is 2.26. The second-order valence-corrected chi connectivity index (χ2v) is 6.26. The van der Waals surface area contributed by atoms with E-state index in [1.807, 2.05) is 12.1 Å². The molecule has 2 aromatic carbocycles. The number of benzene rings is 2. The van der Waals surface area contributed by atoms with Gasteiger partial charge in [-0.3, -0.25) is 0 Å². The molecule has 24 heavy (non-hydrogen) atoms. The summed E-state index contributed by atoms with van der Waals surface area (Å²) in [6, 6.07) is 16.1. The third kappa shape index (κ3) is 2.44. The van der Waals surface area contributed by atoms with Crippen LogP contribution in [0.1, 0.15) is 18.1 Å². The number of para-hydroxylation sites is 1. The highest BCUT2D eigenvalue weighted by atomic mass is 16.5. The van der Waals surface area contributed by atoms with Crippen LogP contribution in [0.4, 0.5) is 5.69 Å². The fourth-order valence-corrected chi connectivity index (χ4v) is 3.52. The van der Waals surface area contributed by atoms with E-state index in [1.165, 1.54) is 11.3 Å². The number of hydrogen-bond acceptors (Lipinski definition) is 4. The second-order valence-electron chi connectivity index (χ2n) is 6.26. The molecule has 0 amide bonds. The van der Waals surface area contributed by atoms with Crippen molar-refractivity contribution in [3.63, 3.8) is 0 Å². The quantitative estimate of drug-likeness (QED) is 0.689. The Morgan fingerprint density at radius 1 is 1.21 bits per heavy atom. The van der Waals surface area contributed by atoms with Crippen molar-refractivity contribution in [2.75, 3.05) is 12.0 Å². The predicted molar refractivity (Wildman–Crippen MR) is 94.8 cm³/mol. The minimum atomic E-state index is -0.328. The van der Waals surface area contributed by atoms with Gasteiger partial charge in [0.2, 0.25) is 0 Å². The minimum Gasteiger partial charge on any atom is -0.497 e. The maximum absolute atomic E-state index is 12.0. The van der Waals surface area contributed by atoms with Crippen molar-refractivity contribution >= 4 is 16.7 Å². The van der Waals surface area contributed by atoms with E-state index in [9.17, 15) is 4.79 Å². The molecule has 4 heteroatoms. The Morgan fingerprint density at radius 3 is 2.88 bits per heavy atom. The van der Waals surface area contributed by atoms with Gasteiger partial charge in [-0.2, -0.15) is 0 Å². The van der Waals surface area contributed by atoms with Crippen molar-refractivity contribution < 1.29 is 9.15 Å². The molecule has 3 aromatic rings. The smallest absolute Gasteiger partial charge is 0.336 e. The maximum atomic E-state index is 12.0. The first-order valence-corrected chi connectivity index (χ1v) is 8.11. The number of fused-ring (bicyclic) bond motifs is 2. The van der Waals surface area contributed by atoms with Gasteiger partial charge in [0.05, 0.1) is 7.11 Å². The lowest BCUT2D eigenvalue weighted by Crippen LogP contribution is -2.29. The molecule has 0 saturated heterocycles. The highest BCUT2D eigenvalue weighted by molar-refractivity contribution is 5.82. The van der Waals surface area contributed by atoms with E-state index in [0.717, 1.165) is 17.4 Å². The lowest BCUT2D eigenvalue weighted by atomic mass is 10.1. The van der Waals surface area contributed by atoms with Crippen LogP contribution < -0.4 is 15.3 Å². The first-order chi connectivity index (χ1) is 11.7. The first-order valence-electron chi connectivity index (χ1n) is 8.11. The third-order valence-electron chi connectivity index (χ3n) is 4.73. The lowest BCUT2D eigenvalue weighted by molar-refractivity contribution is 0.414. The number of anilines is 1. The van der Waals surface area contributed by atoms with E-state index >= 15 is 0 Å². The van der Waals surface area contributed by atoms with Crippen LogP contribution in [-0.4, -0.2) is 13.2 Å². The summed E-state index contributed by atoms with van der Waals surface area (Å²) in [7, 11) is 1.60. The summed E-state index contributed by atoms with van der Waals surface area (Å²) in [5.74, 6) is 0.683. The van der Waals surface area contributed by atoms with Gasteiger partial charge in [0.1, 0.15) is 11.3 Å². The summed E-state index contributed by atoms with van der Waals surface area (Å²) in [4.78, 5) is 14.3. The third-order valence-corrected chi connectivity index (χ3v) is 4.73. The fourth-order valence-electron chi connectivity index (χ4n) is 3.52. The molecular weight excluding hydrogens is 302 g/mol. The Morgan fingerprint density at radius 2 is 2.04 bits per heavy atom. The van der Waals surface area contributed by atoms with Crippen LogP contribution in [0, 0.1) is 0 Å². The molecular formula is C20H19NO3. The van der Waals surface area contributed by atoms with Gasteiger partial charge in [-0.25, -0.2) is 4.79 Å². The largest absolute Gasteiger partial charge is 0.497 e. The zero-order chi connectivity index (χ0) is 16.7. The van der Waals surface area contributed by atoms with Crippen molar-refractivity contribution in [3.8, 4) is 5.75 Å². The fraction of sp³-hybridized carbons (Fsp3) is 0.250. The summed E-state index contributed by atoms with van der Waals surface area (Å²) in [5, 5.41) is 0.951. The van der Waals surface area contributed by atoms with Crippen molar-refractivity contribution in [2.24, 2.45) is 0 Å². The van der Waals surface area contributed by atoms with Gasteiger partial charge in [0, 0.05) is 35.8 Å². The Labute approximate surface area is 140 Å². The van der Waals surface area contributed by atoms with Crippen LogP contribution in [0.15, 0.2) is 57.7 Å². The molecule has 0 saturated carbocycles. The molecule has 1 aromatic heterocycles. The van der Waals surface area contributed by atoms with E-state index in [1.54, 1.807) is 19.2 Å². The van der Waals surface area contributed by atoms with Crippen LogP contribution in [0.2, 0.25) is 0 Å². The lowest BCUT2D eigenvalue weighted by Gasteiger charge is -2.25. The van der Waals surface area contributed by atoms with Gasteiger partial charge in [-0.1, -0.05) is 18.2 Å². The molecule has 2 heterocycles. The molecule has 0 spiro atoms. The monoisotopic (exact) mass is 321 g/mol. The summed E-state index contributed by atoms with van der Waals surface area (Å²) >= 11 is 0. The molecule has 0 aliphatic carbocycles. The van der Waals surface area contributed by atoms with E-state index in [-0.39, 0.29) is 5.63 Å². The molecule has 1 aliphatic rings. The van der Waals surface area contributed by atoms with Gasteiger partial charge < -0.3 is 14.1 Å². The molecule has 122 valence electrons. The standard InChI is InChI=1S/C20H19NO3/c1-13-9-14-5-3-4-6-18(14)21(13)12-15-10-20(22)24-19-11-16(23-2)7-8-17(15)19/h3-8,10-11,13H,9,12H2,1-2H3/t13-/m0/s1. The normalized spacial score (nSPS) is 16.4. The molecule has 4 nitrogen and oxygen atoms in total. The van der Waals surface area contributed by atoms with Gasteiger partial charge in [-0.05, 0) is 42.7 Å². The summed E-state index contributed by atoms with van der Waals surface area (Å²) in [6.45, 7) is 2.91. The summed E-state index contributed by atoms with van der Waals surface area (Å²) in [6.07, 6.45) is 1.03.